The van der Waals surface area contributed by atoms with E-state index in [2.05, 4.69) is 13.8 Å². The largest absolute Gasteiger partial charge is 0.506 e. The molecule has 0 aromatic heterocycles. The zero-order chi connectivity index (χ0) is 19.1. The highest BCUT2D eigenvalue weighted by Crippen LogP contribution is 2.46. The molecule has 6 N–H and O–H groups in total. The Kier molecular flexibility index (Phi) is 4.94. The Balaban J connectivity index is 2.87. The molecule has 0 radical (unpaired) electrons. The summed E-state index contributed by atoms with van der Waals surface area (Å²) >= 11 is 0. The summed E-state index contributed by atoms with van der Waals surface area (Å²) in [6, 6.07) is 4.04. The molecule has 0 saturated carbocycles. The van der Waals surface area contributed by atoms with Gasteiger partial charge in [0.1, 0.15) is 11.5 Å². The predicted octanol–water partition coefficient (Wildman–Crippen LogP) is 4.60. The second-order valence-corrected chi connectivity index (χ2v) is 7.34. The lowest BCUT2D eigenvalue weighted by atomic mass is 9.69. The summed E-state index contributed by atoms with van der Waals surface area (Å²) in [5, 5.41) is 20.4. The van der Waals surface area contributed by atoms with Gasteiger partial charge in [0.25, 0.3) is 0 Å². The summed E-state index contributed by atoms with van der Waals surface area (Å²) in [7, 11) is 0. The quantitative estimate of drug-likeness (QED) is 0.482. The first kappa shape index (κ1) is 19.0. The minimum Gasteiger partial charge on any atom is -0.506 e. The second-order valence-electron chi connectivity index (χ2n) is 7.34. The number of anilines is 2. The first-order chi connectivity index (χ1) is 11.6. The normalized spacial score (nSPS) is 11.8. The topological polar surface area (TPSA) is 92.5 Å². The van der Waals surface area contributed by atoms with Gasteiger partial charge in [-0.25, -0.2) is 0 Å². The fraction of sp³-hybridized carbons (Fsp3) is 0.429. The lowest BCUT2D eigenvalue weighted by molar-refractivity contribution is 0.466. The molecule has 0 aliphatic heterocycles. The van der Waals surface area contributed by atoms with Gasteiger partial charge in [-0.1, -0.05) is 32.4 Å². The van der Waals surface area contributed by atoms with Gasteiger partial charge in [-0.3, -0.25) is 0 Å². The molecule has 0 saturated heterocycles. The Bertz CT molecular complexity index is 762. The van der Waals surface area contributed by atoms with Crippen molar-refractivity contribution in [2.24, 2.45) is 0 Å². The number of aromatic hydroxyl groups is 2. The molecular formula is C21H30N2O2. The summed E-state index contributed by atoms with van der Waals surface area (Å²) in [6.07, 6.45) is 1.89. The van der Waals surface area contributed by atoms with Crippen LogP contribution in [0.25, 0.3) is 0 Å². The van der Waals surface area contributed by atoms with E-state index >= 15 is 0 Å². The van der Waals surface area contributed by atoms with Gasteiger partial charge in [-0.05, 0) is 67.5 Å². The number of phenols is 2. The maximum Gasteiger partial charge on any atom is 0.141 e. The van der Waals surface area contributed by atoms with Gasteiger partial charge in [0.05, 0.1) is 11.4 Å². The molecule has 0 unspecified atom stereocenters. The van der Waals surface area contributed by atoms with Crippen LogP contribution in [-0.4, -0.2) is 10.2 Å². The number of rotatable bonds is 4. The van der Waals surface area contributed by atoms with Crippen LogP contribution in [0.4, 0.5) is 11.4 Å². The van der Waals surface area contributed by atoms with Crippen molar-refractivity contribution < 1.29 is 10.2 Å². The number of hydrogen-bond acceptors (Lipinski definition) is 4. The second kappa shape index (κ2) is 6.51. The summed E-state index contributed by atoms with van der Waals surface area (Å²) in [5.74, 6) is 0.302. The monoisotopic (exact) mass is 342 g/mol. The van der Waals surface area contributed by atoms with Crippen molar-refractivity contribution in [3.8, 4) is 11.5 Å². The van der Waals surface area contributed by atoms with Crippen LogP contribution < -0.4 is 11.5 Å². The van der Waals surface area contributed by atoms with E-state index in [1.54, 1.807) is 0 Å². The third-order valence-electron chi connectivity index (χ3n) is 5.53. The molecule has 4 nitrogen and oxygen atoms in total. The van der Waals surface area contributed by atoms with Crippen molar-refractivity contribution in [1.29, 1.82) is 0 Å². The van der Waals surface area contributed by atoms with Crippen molar-refractivity contribution in [3.63, 3.8) is 0 Å². The van der Waals surface area contributed by atoms with Crippen LogP contribution >= 0.6 is 0 Å². The van der Waals surface area contributed by atoms with Crippen LogP contribution in [0.3, 0.4) is 0 Å². The average Bonchev–Trinajstić information content (AvgIpc) is 2.57. The number of benzene rings is 2. The Labute approximate surface area is 150 Å². The van der Waals surface area contributed by atoms with Gasteiger partial charge in [-0.2, -0.15) is 0 Å². The molecule has 0 amide bonds. The summed E-state index contributed by atoms with van der Waals surface area (Å²) in [4.78, 5) is 0. The van der Waals surface area contributed by atoms with Crippen molar-refractivity contribution >= 4 is 11.4 Å². The molecule has 0 heterocycles. The standard InChI is InChI=1S/C21H30N2O2/c1-7-8-21(6,15-9-11(2)19(24)17(22)13(15)4)16-10-12(3)20(25)18(23)14(16)5/h9-10,24-25H,7-8,22-23H2,1-6H3. The molecule has 0 aliphatic carbocycles. The number of phenolic OH excluding ortho intramolecular Hbond substituents is 2. The SMILES string of the molecule is CCCC(C)(c1cc(C)c(O)c(N)c1C)c1cc(C)c(O)c(N)c1C. The number of aryl methyl sites for hydroxylation is 2. The highest BCUT2D eigenvalue weighted by molar-refractivity contribution is 5.69. The lowest BCUT2D eigenvalue weighted by Gasteiger charge is -2.35. The van der Waals surface area contributed by atoms with Crippen molar-refractivity contribution in [2.45, 2.75) is 59.8 Å². The fourth-order valence-electron chi connectivity index (χ4n) is 3.92. The first-order valence-electron chi connectivity index (χ1n) is 8.74. The fourth-order valence-corrected chi connectivity index (χ4v) is 3.92. The molecule has 0 aliphatic rings. The molecule has 4 heteroatoms. The van der Waals surface area contributed by atoms with Crippen LogP contribution in [0.15, 0.2) is 12.1 Å². The summed E-state index contributed by atoms with van der Waals surface area (Å²) < 4.78 is 0. The van der Waals surface area contributed by atoms with Crippen molar-refractivity contribution in [1.82, 2.24) is 0 Å². The molecule has 2 rings (SSSR count). The van der Waals surface area contributed by atoms with Crippen molar-refractivity contribution in [3.05, 3.63) is 45.5 Å². The van der Waals surface area contributed by atoms with Gasteiger partial charge in [0, 0.05) is 5.41 Å². The van der Waals surface area contributed by atoms with Crippen LogP contribution in [0.1, 0.15) is 60.1 Å². The van der Waals surface area contributed by atoms with Crippen LogP contribution in [0, 0.1) is 27.7 Å². The molecule has 0 bridgehead atoms. The van der Waals surface area contributed by atoms with E-state index in [0.29, 0.717) is 11.4 Å². The zero-order valence-corrected chi connectivity index (χ0v) is 16.1. The highest BCUT2D eigenvalue weighted by atomic mass is 16.3. The van der Waals surface area contributed by atoms with E-state index in [1.165, 1.54) is 0 Å². The molecule has 136 valence electrons. The third-order valence-corrected chi connectivity index (χ3v) is 5.53. The van der Waals surface area contributed by atoms with Crippen LogP contribution in [0.2, 0.25) is 0 Å². The molecular weight excluding hydrogens is 312 g/mol. The minimum atomic E-state index is -0.317. The van der Waals surface area contributed by atoms with E-state index in [9.17, 15) is 10.2 Å². The van der Waals surface area contributed by atoms with Gasteiger partial charge in [-0.15, -0.1) is 0 Å². The summed E-state index contributed by atoms with van der Waals surface area (Å²) in [5.41, 5.74) is 18.4. The minimum absolute atomic E-state index is 0.151. The van der Waals surface area contributed by atoms with E-state index < -0.39 is 0 Å². The molecule has 2 aromatic rings. The zero-order valence-electron chi connectivity index (χ0n) is 16.1. The molecule has 0 fully saturated rings. The van der Waals surface area contributed by atoms with E-state index in [0.717, 1.165) is 46.2 Å². The number of hydrogen-bond donors (Lipinski definition) is 4. The lowest BCUT2D eigenvalue weighted by Crippen LogP contribution is -2.27. The third kappa shape index (κ3) is 2.90. The molecule has 0 spiro atoms. The smallest absolute Gasteiger partial charge is 0.141 e. The molecule has 0 atom stereocenters. The first-order valence-corrected chi connectivity index (χ1v) is 8.74. The Hall–Kier alpha value is -2.36. The maximum atomic E-state index is 10.2. The number of nitrogens with two attached hydrogens (primary N) is 2. The van der Waals surface area contributed by atoms with Gasteiger partial charge < -0.3 is 21.7 Å². The van der Waals surface area contributed by atoms with E-state index in [-0.39, 0.29) is 16.9 Å². The van der Waals surface area contributed by atoms with Gasteiger partial charge in [0.15, 0.2) is 0 Å². The predicted molar refractivity (Wildman–Crippen MR) is 105 cm³/mol. The Morgan fingerprint density at radius 2 is 1.20 bits per heavy atom. The Morgan fingerprint density at radius 1 is 0.840 bits per heavy atom. The number of nitrogen functional groups attached to an aromatic ring is 2. The van der Waals surface area contributed by atoms with E-state index in [4.69, 9.17) is 11.5 Å². The van der Waals surface area contributed by atoms with E-state index in [1.807, 2.05) is 39.8 Å². The van der Waals surface area contributed by atoms with Crippen molar-refractivity contribution in [2.75, 3.05) is 11.5 Å². The van der Waals surface area contributed by atoms with Crippen LogP contribution in [0.5, 0.6) is 11.5 Å². The molecule has 25 heavy (non-hydrogen) atoms. The average molecular weight is 342 g/mol. The molecule has 2 aromatic carbocycles. The maximum absolute atomic E-state index is 10.2. The summed E-state index contributed by atoms with van der Waals surface area (Å²) in [6.45, 7) is 12.0. The Morgan fingerprint density at radius 3 is 1.52 bits per heavy atom. The highest BCUT2D eigenvalue weighted by Gasteiger charge is 2.34. The van der Waals surface area contributed by atoms with Gasteiger partial charge in [0.2, 0.25) is 0 Å². The van der Waals surface area contributed by atoms with Crippen LogP contribution in [-0.2, 0) is 5.41 Å². The van der Waals surface area contributed by atoms with Gasteiger partial charge >= 0.3 is 0 Å².